The topological polar surface area (TPSA) is 69.6 Å². The van der Waals surface area contributed by atoms with Crippen LogP contribution in [0, 0.1) is 0 Å². The number of amides is 2. The number of aromatic nitrogens is 2. The molecule has 1 aromatic heterocycles. The molecule has 2 amide bonds. The molecule has 7 nitrogen and oxygen atoms in total. The van der Waals surface area contributed by atoms with Crippen LogP contribution in [0.3, 0.4) is 0 Å². The largest absolute Gasteiger partial charge is 0.338 e. The zero-order chi connectivity index (χ0) is 15.4. The Bertz CT molecular complexity index is 518. The minimum atomic E-state index is -0.0176. The first-order valence-corrected chi connectivity index (χ1v) is 7.81. The summed E-state index contributed by atoms with van der Waals surface area (Å²) in [5, 5.41) is 0. The zero-order valence-corrected chi connectivity index (χ0v) is 13.9. The fraction of sp³-hybridized carbons (Fsp3) is 0.600. The van der Waals surface area contributed by atoms with Crippen molar-refractivity contribution in [3.05, 3.63) is 18.5 Å². The lowest BCUT2D eigenvalue weighted by Crippen LogP contribution is -2.47. The first-order chi connectivity index (χ1) is 10.7. The quantitative estimate of drug-likeness (QED) is 0.730. The predicted octanol–water partition coefficient (Wildman–Crippen LogP) is 0.559. The number of carbonyl (C=O) groups is 2. The van der Waals surface area contributed by atoms with E-state index in [1.807, 2.05) is 6.07 Å². The van der Waals surface area contributed by atoms with Crippen LogP contribution in [0.4, 0.5) is 5.95 Å². The molecule has 0 N–H and O–H groups in total. The molecule has 0 aromatic carbocycles. The summed E-state index contributed by atoms with van der Waals surface area (Å²) in [5.74, 6) is 0.752. The van der Waals surface area contributed by atoms with Crippen molar-refractivity contribution in [3.63, 3.8) is 0 Å². The SMILES string of the molecule is Cl.O=C1CCC(=O)N1CCCN1CCN(c2ncccn2)CC1. The first-order valence-electron chi connectivity index (χ1n) is 7.81. The fourth-order valence-corrected chi connectivity index (χ4v) is 2.95. The van der Waals surface area contributed by atoms with Gasteiger partial charge in [-0.2, -0.15) is 0 Å². The second-order valence-corrected chi connectivity index (χ2v) is 5.67. The molecule has 0 spiro atoms. The van der Waals surface area contributed by atoms with Crippen LogP contribution in [0.2, 0.25) is 0 Å². The Balaban J connectivity index is 0.00000192. The van der Waals surface area contributed by atoms with E-state index in [0.29, 0.717) is 19.4 Å². The number of halogens is 1. The summed E-state index contributed by atoms with van der Waals surface area (Å²) in [6.45, 7) is 5.21. The fourth-order valence-electron chi connectivity index (χ4n) is 2.95. The van der Waals surface area contributed by atoms with E-state index in [-0.39, 0.29) is 24.2 Å². The Labute approximate surface area is 142 Å². The molecule has 1 aromatic rings. The van der Waals surface area contributed by atoms with E-state index >= 15 is 0 Å². The van der Waals surface area contributed by atoms with E-state index in [4.69, 9.17) is 0 Å². The first kappa shape index (κ1) is 17.6. The van der Waals surface area contributed by atoms with E-state index in [1.54, 1.807) is 12.4 Å². The van der Waals surface area contributed by atoms with Crippen LogP contribution in [0.5, 0.6) is 0 Å². The summed E-state index contributed by atoms with van der Waals surface area (Å²) in [7, 11) is 0. The Morgan fingerprint density at radius 2 is 1.52 bits per heavy atom. The molecule has 0 unspecified atom stereocenters. The van der Waals surface area contributed by atoms with E-state index in [0.717, 1.165) is 45.1 Å². The monoisotopic (exact) mass is 339 g/mol. The number of carbonyl (C=O) groups excluding carboxylic acids is 2. The molecule has 2 aliphatic rings. The van der Waals surface area contributed by atoms with Gasteiger partial charge in [0.15, 0.2) is 0 Å². The molecule has 2 saturated heterocycles. The smallest absolute Gasteiger partial charge is 0.229 e. The van der Waals surface area contributed by atoms with Crippen LogP contribution in [0.1, 0.15) is 19.3 Å². The minimum absolute atomic E-state index is 0. The molecule has 8 heteroatoms. The average molecular weight is 340 g/mol. The third-order valence-corrected chi connectivity index (χ3v) is 4.22. The van der Waals surface area contributed by atoms with Gasteiger partial charge in [0.25, 0.3) is 0 Å². The summed E-state index contributed by atoms with van der Waals surface area (Å²) in [5.41, 5.74) is 0. The lowest BCUT2D eigenvalue weighted by molar-refractivity contribution is -0.138. The molecular formula is C15H22ClN5O2. The molecule has 0 radical (unpaired) electrons. The number of hydrogen-bond acceptors (Lipinski definition) is 6. The van der Waals surface area contributed by atoms with Crippen LogP contribution < -0.4 is 4.90 Å². The third kappa shape index (κ3) is 4.39. The second-order valence-electron chi connectivity index (χ2n) is 5.67. The lowest BCUT2D eigenvalue weighted by Gasteiger charge is -2.34. The molecule has 126 valence electrons. The maximum Gasteiger partial charge on any atom is 0.229 e. The summed E-state index contributed by atoms with van der Waals surface area (Å²) in [6.07, 6.45) is 5.14. The maximum absolute atomic E-state index is 11.5. The van der Waals surface area contributed by atoms with Crippen LogP contribution in [-0.2, 0) is 9.59 Å². The summed E-state index contributed by atoms with van der Waals surface area (Å²) in [6, 6.07) is 1.82. The van der Waals surface area contributed by atoms with E-state index in [1.165, 1.54) is 4.90 Å². The molecule has 0 bridgehead atoms. The van der Waals surface area contributed by atoms with Crippen LogP contribution in [-0.4, -0.2) is 70.9 Å². The summed E-state index contributed by atoms with van der Waals surface area (Å²) < 4.78 is 0. The Kier molecular flexibility index (Phi) is 6.29. The number of rotatable bonds is 5. The molecular weight excluding hydrogens is 318 g/mol. The zero-order valence-electron chi connectivity index (χ0n) is 13.1. The second kappa shape index (κ2) is 8.21. The Morgan fingerprint density at radius 3 is 2.13 bits per heavy atom. The van der Waals surface area contributed by atoms with Gasteiger partial charge in [-0.05, 0) is 19.0 Å². The van der Waals surface area contributed by atoms with Crippen LogP contribution in [0.15, 0.2) is 18.5 Å². The van der Waals surface area contributed by atoms with Gasteiger partial charge < -0.3 is 4.90 Å². The molecule has 2 aliphatic heterocycles. The van der Waals surface area contributed by atoms with Gasteiger partial charge in [-0.3, -0.25) is 19.4 Å². The van der Waals surface area contributed by atoms with Gasteiger partial charge in [0.2, 0.25) is 17.8 Å². The van der Waals surface area contributed by atoms with Gasteiger partial charge in [0.05, 0.1) is 0 Å². The molecule has 0 saturated carbocycles. The third-order valence-electron chi connectivity index (χ3n) is 4.22. The van der Waals surface area contributed by atoms with Gasteiger partial charge in [0.1, 0.15) is 0 Å². The lowest BCUT2D eigenvalue weighted by atomic mass is 10.3. The predicted molar refractivity (Wildman–Crippen MR) is 88.5 cm³/mol. The van der Waals surface area contributed by atoms with Crippen molar-refractivity contribution < 1.29 is 9.59 Å². The van der Waals surface area contributed by atoms with Crippen molar-refractivity contribution >= 4 is 30.2 Å². The number of anilines is 1. The molecule has 2 fully saturated rings. The van der Waals surface area contributed by atoms with Gasteiger partial charge in [-0.25, -0.2) is 9.97 Å². The maximum atomic E-state index is 11.5. The molecule has 3 heterocycles. The highest BCUT2D eigenvalue weighted by atomic mass is 35.5. The number of piperazine rings is 1. The number of nitrogens with zero attached hydrogens (tertiary/aromatic N) is 5. The van der Waals surface area contributed by atoms with Crippen molar-refractivity contribution in [1.82, 2.24) is 19.8 Å². The van der Waals surface area contributed by atoms with Crippen molar-refractivity contribution in [2.75, 3.05) is 44.2 Å². The highest BCUT2D eigenvalue weighted by Crippen LogP contribution is 2.13. The Hall–Kier alpha value is -1.73. The van der Waals surface area contributed by atoms with Gasteiger partial charge in [-0.15, -0.1) is 12.4 Å². The van der Waals surface area contributed by atoms with Crippen molar-refractivity contribution in [2.24, 2.45) is 0 Å². The van der Waals surface area contributed by atoms with E-state index in [2.05, 4.69) is 19.8 Å². The van der Waals surface area contributed by atoms with Gasteiger partial charge in [0, 0.05) is 58.0 Å². The van der Waals surface area contributed by atoms with Crippen molar-refractivity contribution in [3.8, 4) is 0 Å². The minimum Gasteiger partial charge on any atom is -0.338 e. The molecule has 23 heavy (non-hydrogen) atoms. The van der Waals surface area contributed by atoms with Crippen molar-refractivity contribution in [1.29, 1.82) is 0 Å². The van der Waals surface area contributed by atoms with Crippen LogP contribution in [0.25, 0.3) is 0 Å². The molecule has 0 atom stereocenters. The van der Waals surface area contributed by atoms with E-state index < -0.39 is 0 Å². The standard InChI is InChI=1S/C15H21N5O2.ClH/c21-13-3-4-14(22)20(13)8-2-7-18-9-11-19(12-10-18)15-16-5-1-6-17-15;/h1,5-6H,2-4,7-12H2;1H. The average Bonchev–Trinajstić information content (AvgIpc) is 2.88. The highest BCUT2D eigenvalue weighted by molar-refractivity contribution is 6.01. The highest BCUT2D eigenvalue weighted by Gasteiger charge is 2.28. The van der Waals surface area contributed by atoms with Crippen molar-refractivity contribution in [2.45, 2.75) is 19.3 Å². The summed E-state index contributed by atoms with van der Waals surface area (Å²) in [4.78, 5) is 37.6. The van der Waals surface area contributed by atoms with Crippen LogP contribution >= 0.6 is 12.4 Å². The number of likely N-dealkylation sites (tertiary alicyclic amines) is 1. The molecule has 0 aliphatic carbocycles. The Morgan fingerprint density at radius 1 is 0.913 bits per heavy atom. The normalized spacial score (nSPS) is 19.1. The number of imide groups is 1. The van der Waals surface area contributed by atoms with E-state index in [9.17, 15) is 9.59 Å². The summed E-state index contributed by atoms with van der Waals surface area (Å²) >= 11 is 0. The molecule has 3 rings (SSSR count). The van der Waals surface area contributed by atoms with Gasteiger partial charge in [-0.1, -0.05) is 0 Å². The van der Waals surface area contributed by atoms with Gasteiger partial charge >= 0.3 is 0 Å². The number of hydrogen-bond donors (Lipinski definition) is 0.